The highest BCUT2D eigenvalue weighted by molar-refractivity contribution is 5.88. The van der Waals surface area contributed by atoms with Crippen molar-refractivity contribution in [2.24, 2.45) is 5.73 Å². The smallest absolute Gasteiger partial charge is 0.241 e. The number of carbonyl (C=O) groups is 2. The Hall–Kier alpha value is -2.02. The lowest BCUT2D eigenvalue weighted by molar-refractivity contribution is -0.139. The van der Waals surface area contributed by atoms with Crippen LogP contribution in [0.5, 0.6) is 0 Å². The Balaban J connectivity index is 2.12. The van der Waals surface area contributed by atoms with Crippen LogP contribution >= 0.6 is 0 Å². The average molecular weight is 283 g/mol. The minimum atomic E-state index is -0.774. The number of hydrogen-bond donors (Lipinski definition) is 2. The Bertz CT molecular complexity index is 536. The van der Waals surface area contributed by atoms with Gasteiger partial charge in [0.1, 0.15) is 17.7 Å². The fourth-order valence-electron chi connectivity index (χ4n) is 2.19. The maximum absolute atomic E-state index is 13.5. The predicted octanol–water partition coefficient (Wildman–Crippen LogP) is -0.207. The highest BCUT2D eigenvalue weighted by Gasteiger charge is 2.30. The van der Waals surface area contributed by atoms with E-state index >= 15 is 0 Å². The Kier molecular flexibility index (Phi) is 4.29. The topological polar surface area (TPSA) is 75.4 Å². The molecule has 1 unspecified atom stereocenters. The molecule has 1 aliphatic heterocycles. The van der Waals surface area contributed by atoms with Gasteiger partial charge in [-0.05, 0) is 11.6 Å². The second kappa shape index (κ2) is 5.96. The van der Waals surface area contributed by atoms with Crippen molar-refractivity contribution in [3.05, 3.63) is 35.4 Å². The van der Waals surface area contributed by atoms with Gasteiger partial charge in [0, 0.05) is 25.7 Å². The number of nitrogens with two attached hydrogens (primary N) is 1. The number of nitrogens with one attached hydrogen (secondary N) is 1. The number of benzene rings is 1. The monoisotopic (exact) mass is 283 g/mol. The van der Waals surface area contributed by atoms with Crippen LogP contribution in [-0.2, 0) is 16.0 Å². The Labute approximate surface area is 114 Å². The summed E-state index contributed by atoms with van der Waals surface area (Å²) < 4.78 is 26.3. The molecule has 0 radical (unpaired) electrons. The van der Waals surface area contributed by atoms with Crippen molar-refractivity contribution in [2.75, 3.05) is 19.6 Å². The van der Waals surface area contributed by atoms with E-state index in [2.05, 4.69) is 5.32 Å². The highest BCUT2D eigenvalue weighted by atomic mass is 19.1. The van der Waals surface area contributed by atoms with Crippen molar-refractivity contribution in [1.29, 1.82) is 0 Å². The summed E-state index contributed by atoms with van der Waals surface area (Å²) >= 11 is 0. The van der Waals surface area contributed by atoms with Crippen LogP contribution in [0.3, 0.4) is 0 Å². The number of halogens is 2. The Morgan fingerprint density at radius 2 is 2.15 bits per heavy atom. The van der Waals surface area contributed by atoms with Crippen molar-refractivity contribution in [1.82, 2.24) is 10.2 Å². The van der Waals surface area contributed by atoms with E-state index in [9.17, 15) is 18.4 Å². The molecule has 1 aromatic rings. The molecule has 1 aromatic carbocycles. The summed E-state index contributed by atoms with van der Waals surface area (Å²) in [5, 5.41) is 2.97. The molecular weight excluding hydrogens is 268 g/mol. The standard InChI is InChI=1S/C13H15F2N3O2/c14-9-2-1-8(10(15)6-9)5-12(19)18-4-3-17-7-11(18)13(16)20/h1-2,6,11,17H,3-5,7H2,(H2,16,20). The lowest BCUT2D eigenvalue weighted by atomic mass is 10.1. The van der Waals surface area contributed by atoms with Gasteiger partial charge in [-0.1, -0.05) is 6.07 Å². The number of primary amides is 1. The van der Waals surface area contributed by atoms with Crippen LogP contribution in [0.15, 0.2) is 18.2 Å². The highest BCUT2D eigenvalue weighted by Crippen LogP contribution is 2.13. The van der Waals surface area contributed by atoms with E-state index < -0.39 is 29.5 Å². The third kappa shape index (κ3) is 3.11. The SMILES string of the molecule is NC(=O)C1CNCCN1C(=O)Cc1ccc(F)cc1F. The first-order chi connectivity index (χ1) is 9.49. The van der Waals surface area contributed by atoms with Gasteiger partial charge in [-0.25, -0.2) is 8.78 Å². The number of carbonyl (C=O) groups excluding carboxylic acids is 2. The second-order valence-corrected chi connectivity index (χ2v) is 4.62. The summed E-state index contributed by atoms with van der Waals surface area (Å²) in [7, 11) is 0. The molecular formula is C13H15F2N3O2. The van der Waals surface area contributed by atoms with Gasteiger partial charge in [0.2, 0.25) is 11.8 Å². The van der Waals surface area contributed by atoms with Gasteiger partial charge in [-0.15, -0.1) is 0 Å². The van der Waals surface area contributed by atoms with E-state index in [0.29, 0.717) is 13.1 Å². The summed E-state index contributed by atoms with van der Waals surface area (Å²) in [6.45, 7) is 1.16. The number of rotatable bonds is 3. The first-order valence-electron chi connectivity index (χ1n) is 6.22. The van der Waals surface area contributed by atoms with E-state index in [0.717, 1.165) is 12.1 Å². The largest absolute Gasteiger partial charge is 0.368 e. The number of piperazine rings is 1. The normalized spacial score (nSPS) is 18.9. The van der Waals surface area contributed by atoms with Crippen molar-refractivity contribution in [3.63, 3.8) is 0 Å². The first kappa shape index (κ1) is 14.4. The quantitative estimate of drug-likeness (QED) is 0.806. The first-order valence-corrected chi connectivity index (χ1v) is 6.22. The summed E-state index contributed by atoms with van der Waals surface area (Å²) in [5.74, 6) is -2.48. The molecule has 0 bridgehead atoms. The van der Waals surface area contributed by atoms with Gasteiger partial charge in [0.25, 0.3) is 0 Å². The minimum Gasteiger partial charge on any atom is -0.368 e. The van der Waals surface area contributed by atoms with E-state index in [4.69, 9.17) is 5.73 Å². The van der Waals surface area contributed by atoms with Gasteiger partial charge >= 0.3 is 0 Å². The zero-order chi connectivity index (χ0) is 14.7. The van der Waals surface area contributed by atoms with Gasteiger partial charge in [0.05, 0.1) is 6.42 Å². The van der Waals surface area contributed by atoms with Crippen molar-refractivity contribution in [2.45, 2.75) is 12.5 Å². The van der Waals surface area contributed by atoms with Crippen molar-refractivity contribution < 1.29 is 18.4 Å². The molecule has 0 aromatic heterocycles. The number of nitrogens with zero attached hydrogens (tertiary/aromatic N) is 1. The Morgan fingerprint density at radius 1 is 1.40 bits per heavy atom. The van der Waals surface area contributed by atoms with Crippen LogP contribution in [0.4, 0.5) is 8.78 Å². The molecule has 1 heterocycles. The number of amides is 2. The van der Waals surface area contributed by atoms with Gasteiger partial charge in [-0.3, -0.25) is 9.59 Å². The molecule has 2 amide bonds. The van der Waals surface area contributed by atoms with Crippen LogP contribution in [-0.4, -0.2) is 42.4 Å². The van der Waals surface area contributed by atoms with Crippen molar-refractivity contribution >= 4 is 11.8 Å². The van der Waals surface area contributed by atoms with Crippen LogP contribution in [0.25, 0.3) is 0 Å². The molecule has 3 N–H and O–H groups in total. The van der Waals surface area contributed by atoms with E-state index in [1.807, 2.05) is 0 Å². The molecule has 0 spiro atoms. The molecule has 20 heavy (non-hydrogen) atoms. The maximum Gasteiger partial charge on any atom is 0.241 e. The van der Waals surface area contributed by atoms with E-state index in [1.165, 1.54) is 11.0 Å². The molecule has 108 valence electrons. The van der Waals surface area contributed by atoms with Crippen LogP contribution in [0, 0.1) is 11.6 Å². The summed E-state index contributed by atoms with van der Waals surface area (Å²) in [5.41, 5.74) is 5.34. The second-order valence-electron chi connectivity index (χ2n) is 4.62. The molecule has 7 heteroatoms. The lowest BCUT2D eigenvalue weighted by Crippen LogP contribution is -2.59. The zero-order valence-electron chi connectivity index (χ0n) is 10.7. The molecule has 1 aliphatic rings. The molecule has 5 nitrogen and oxygen atoms in total. The molecule has 0 aliphatic carbocycles. The summed E-state index contributed by atoms with van der Waals surface area (Å²) in [4.78, 5) is 24.8. The Morgan fingerprint density at radius 3 is 2.80 bits per heavy atom. The minimum absolute atomic E-state index is 0.0955. The zero-order valence-corrected chi connectivity index (χ0v) is 10.7. The van der Waals surface area contributed by atoms with Gasteiger partial charge in [0.15, 0.2) is 0 Å². The predicted molar refractivity (Wildman–Crippen MR) is 67.6 cm³/mol. The fourth-order valence-corrected chi connectivity index (χ4v) is 2.19. The van der Waals surface area contributed by atoms with Crippen LogP contribution in [0.2, 0.25) is 0 Å². The molecule has 2 rings (SSSR count). The van der Waals surface area contributed by atoms with Crippen LogP contribution < -0.4 is 11.1 Å². The average Bonchev–Trinajstić information content (AvgIpc) is 2.41. The molecule has 1 saturated heterocycles. The maximum atomic E-state index is 13.5. The van der Waals surface area contributed by atoms with Crippen molar-refractivity contribution in [3.8, 4) is 0 Å². The van der Waals surface area contributed by atoms with Gasteiger partial charge in [-0.2, -0.15) is 0 Å². The summed E-state index contributed by atoms with van der Waals surface area (Å²) in [6, 6.07) is 2.31. The number of hydrogen-bond acceptors (Lipinski definition) is 3. The fraction of sp³-hybridized carbons (Fsp3) is 0.385. The van der Waals surface area contributed by atoms with Gasteiger partial charge < -0.3 is 16.0 Å². The molecule has 0 saturated carbocycles. The van der Waals surface area contributed by atoms with E-state index in [-0.39, 0.29) is 18.5 Å². The molecule has 1 fully saturated rings. The molecule has 1 atom stereocenters. The lowest BCUT2D eigenvalue weighted by Gasteiger charge is -2.34. The van der Waals surface area contributed by atoms with E-state index in [1.54, 1.807) is 0 Å². The third-order valence-corrected chi connectivity index (χ3v) is 3.25. The third-order valence-electron chi connectivity index (χ3n) is 3.25. The van der Waals surface area contributed by atoms with Crippen LogP contribution in [0.1, 0.15) is 5.56 Å². The summed E-state index contributed by atoms with van der Waals surface area (Å²) in [6.07, 6.45) is -0.226.